The summed E-state index contributed by atoms with van der Waals surface area (Å²) in [5, 5.41) is 4.53. The Kier molecular flexibility index (Phi) is 5.72. The van der Waals surface area contributed by atoms with E-state index >= 15 is 0 Å². The Bertz CT molecular complexity index is 249. The molecule has 2 rings (SSSR count). The molecule has 1 N–H and O–H groups in total. The van der Waals surface area contributed by atoms with E-state index in [1.807, 2.05) is 0 Å². The molecule has 0 radical (unpaired) electrons. The van der Waals surface area contributed by atoms with Gasteiger partial charge in [-0.3, -0.25) is 0 Å². The summed E-state index contributed by atoms with van der Waals surface area (Å²) in [6.45, 7) is 4.20. The predicted octanol–water partition coefficient (Wildman–Crippen LogP) is 3.33. The minimum absolute atomic E-state index is 0.447. The van der Waals surface area contributed by atoms with Crippen LogP contribution >= 0.6 is 11.8 Å². The molecule has 0 aromatic heterocycles. The normalized spacial score (nSPS) is 22.5. The van der Waals surface area contributed by atoms with Crippen LogP contribution < -0.4 is 5.32 Å². The minimum atomic E-state index is 0.447. The maximum Gasteiger partial charge on any atom is 0.110 e. The van der Waals surface area contributed by atoms with Crippen LogP contribution in [-0.4, -0.2) is 30.2 Å². The van der Waals surface area contributed by atoms with E-state index in [-0.39, 0.29) is 0 Å². The van der Waals surface area contributed by atoms with Crippen LogP contribution in [0.25, 0.3) is 0 Å². The van der Waals surface area contributed by atoms with Crippen LogP contribution in [0.5, 0.6) is 0 Å². The number of hydrogen-bond acceptors (Lipinski definition) is 3. The predicted molar refractivity (Wildman–Crippen MR) is 75.4 cm³/mol. The summed E-state index contributed by atoms with van der Waals surface area (Å²) in [5.74, 6) is 2.38. The Hall–Kier alpha value is -0.150. The molecule has 1 unspecified atom stereocenters. The van der Waals surface area contributed by atoms with Crippen molar-refractivity contribution in [1.29, 1.82) is 0 Å². The lowest BCUT2D eigenvalue weighted by atomic mass is 10.2. The molecular formula is C14H25NOS. The van der Waals surface area contributed by atoms with E-state index in [0.29, 0.717) is 6.04 Å². The fourth-order valence-electron chi connectivity index (χ4n) is 2.53. The molecule has 1 heterocycles. The largest absolute Gasteiger partial charge is 0.496 e. The molecule has 3 heteroatoms. The Morgan fingerprint density at radius 2 is 2.29 bits per heavy atom. The molecule has 1 saturated carbocycles. The van der Waals surface area contributed by atoms with Crippen molar-refractivity contribution in [3.8, 4) is 0 Å². The first-order valence-electron chi connectivity index (χ1n) is 7.08. The molecule has 0 spiro atoms. The highest BCUT2D eigenvalue weighted by Crippen LogP contribution is 2.30. The van der Waals surface area contributed by atoms with Crippen molar-refractivity contribution in [3.63, 3.8) is 0 Å². The molecule has 17 heavy (non-hydrogen) atoms. The first-order chi connectivity index (χ1) is 8.40. The number of rotatable bonds is 7. The Morgan fingerprint density at radius 3 is 2.94 bits per heavy atom. The lowest BCUT2D eigenvalue weighted by molar-refractivity contribution is 0.220. The molecule has 98 valence electrons. The molecule has 1 aliphatic carbocycles. The van der Waals surface area contributed by atoms with Crippen LogP contribution in [-0.2, 0) is 4.74 Å². The first kappa shape index (κ1) is 13.3. The zero-order valence-corrected chi connectivity index (χ0v) is 11.7. The SMILES string of the molecule is CCCNC(CSC1CCCC1)C1=CCCO1. The van der Waals surface area contributed by atoms with Gasteiger partial charge in [0.15, 0.2) is 0 Å². The van der Waals surface area contributed by atoms with Crippen molar-refractivity contribution in [1.82, 2.24) is 5.32 Å². The lowest BCUT2D eigenvalue weighted by Crippen LogP contribution is -2.34. The number of hydrogen-bond donors (Lipinski definition) is 1. The molecule has 0 amide bonds. The highest BCUT2D eigenvalue weighted by molar-refractivity contribution is 7.99. The zero-order chi connectivity index (χ0) is 11.9. The molecule has 1 atom stereocenters. The van der Waals surface area contributed by atoms with Crippen molar-refractivity contribution in [2.24, 2.45) is 0 Å². The lowest BCUT2D eigenvalue weighted by Gasteiger charge is -2.21. The summed E-state index contributed by atoms with van der Waals surface area (Å²) in [5.41, 5.74) is 0. The fraction of sp³-hybridized carbons (Fsp3) is 0.857. The van der Waals surface area contributed by atoms with Crippen LogP contribution in [0, 0.1) is 0 Å². The smallest absolute Gasteiger partial charge is 0.110 e. The van der Waals surface area contributed by atoms with Crippen LogP contribution in [0.2, 0.25) is 0 Å². The van der Waals surface area contributed by atoms with Gasteiger partial charge in [-0.15, -0.1) is 0 Å². The van der Waals surface area contributed by atoms with E-state index in [2.05, 4.69) is 30.1 Å². The number of nitrogens with one attached hydrogen (secondary N) is 1. The van der Waals surface area contributed by atoms with Gasteiger partial charge in [0.1, 0.15) is 5.76 Å². The third-order valence-electron chi connectivity index (χ3n) is 3.52. The van der Waals surface area contributed by atoms with E-state index in [0.717, 1.165) is 24.8 Å². The van der Waals surface area contributed by atoms with E-state index in [4.69, 9.17) is 4.74 Å². The second-order valence-corrected chi connectivity index (χ2v) is 6.32. The topological polar surface area (TPSA) is 21.3 Å². The van der Waals surface area contributed by atoms with Gasteiger partial charge in [0.2, 0.25) is 0 Å². The third-order valence-corrected chi connectivity index (χ3v) is 4.99. The summed E-state index contributed by atoms with van der Waals surface area (Å²) in [7, 11) is 0. The van der Waals surface area contributed by atoms with Crippen LogP contribution in [0.1, 0.15) is 45.4 Å². The minimum Gasteiger partial charge on any atom is -0.496 e. The molecule has 2 nitrogen and oxygen atoms in total. The Morgan fingerprint density at radius 1 is 1.47 bits per heavy atom. The zero-order valence-electron chi connectivity index (χ0n) is 10.9. The highest BCUT2D eigenvalue weighted by atomic mass is 32.2. The van der Waals surface area contributed by atoms with Gasteiger partial charge >= 0.3 is 0 Å². The molecule has 1 fully saturated rings. The molecule has 2 aliphatic rings. The van der Waals surface area contributed by atoms with Gasteiger partial charge in [-0.2, -0.15) is 11.8 Å². The third kappa shape index (κ3) is 4.22. The molecule has 1 aliphatic heterocycles. The van der Waals surface area contributed by atoms with Gasteiger partial charge in [0, 0.05) is 17.4 Å². The second kappa shape index (κ2) is 7.32. The number of thioether (sulfide) groups is 1. The fourth-order valence-corrected chi connectivity index (χ4v) is 3.94. The van der Waals surface area contributed by atoms with E-state index in [1.54, 1.807) is 0 Å². The van der Waals surface area contributed by atoms with Crippen molar-refractivity contribution in [3.05, 3.63) is 11.8 Å². The van der Waals surface area contributed by atoms with E-state index < -0.39 is 0 Å². The molecule has 0 aromatic carbocycles. The van der Waals surface area contributed by atoms with Gasteiger partial charge < -0.3 is 10.1 Å². The highest BCUT2D eigenvalue weighted by Gasteiger charge is 2.21. The maximum atomic E-state index is 5.71. The monoisotopic (exact) mass is 255 g/mol. The standard InChI is InChI=1S/C14H25NOS/c1-2-9-15-13(14-8-5-10-16-14)11-17-12-6-3-4-7-12/h8,12-13,15H,2-7,9-11H2,1H3. The van der Waals surface area contributed by atoms with Gasteiger partial charge in [-0.1, -0.05) is 19.8 Å². The molecule has 0 saturated heterocycles. The van der Waals surface area contributed by atoms with Crippen LogP contribution in [0.4, 0.5) is 0 Å². The first-order valence-corrected chi connectivity index (χ1v) is 8.13. The van der Waals surface area contributed by atoms with Crippen molar-refractivity contribution < 1.29 is 4.74 Å². The quantitative estimate of drug-likeness (QED) is 0.754. The van der Waals surface area contributed by atoms with E-state index in [9.17, 15) is 0 Å². The maximum absolute atomic E-state index is 5.71. The summed E-state index contributed by atoms with van der Waals surface area (Å²) in [4.78, 5) is 0. The van der Waals surface area contributed by atoms with Crippen LogP contribution in [0.15, 0.2) is 11.8 Å². The average molecular weight is 255 g/mol. The van der Waals surface area contributed by atoms with Crippen LogP contribution in [0.3, 0.4) is 0 Å². The van der Waals surface area contributed by atoms with Crippen molar-refractivity contribution in [2.75, 3.05) is 18.9 Å². The van der Waals surface area contributed by atoms with Gasteiger partial charge in [-0.25, -0.2) is 0 Å². The van der Waals surface area contributed by atoms with Gasteiger partial charge in [0.05, 0.1) is 12.6 Å². The summed E-state index contributed by atoms with van der Waals surface area (Å²) < 4.78 is 5.71. The Labute approximate surface area is 110 Å². The van der Waals surface area contributed by atoms with E-state index in [1.165, 1.54) is 43.6 Å². The Balaban J connectivity index is 1.77. The van der Waals surface area contributed by atoms with Crippen molar-refractivity contribution >= 4 is 11.8 Å². The molecule has 0 bridgehead atoms. The number of ether oxygens (including phenoxy) is 1. The summed E-state index contributed by atoms with van der Waals surface area (Å²) >= 11 is 2.15. The van der Waals surface area contributed by atoms with Gasteiger partial charge in [0.25, 0.3) is 0 Å². The second-order valence-electron chi connectivity index (χ2n) is 4.99. The molecule has 0 aromatic rings. The molecular weight excluding hydrogens is 230 g/mol. The van der Waals surface area contributed by atoms with Gasteiger partial charge in [-0.05, 0) is 31.9 Å². The average Bonchev–Trinajstić information content (AvgIpc) is 3.01. The summed E-state index contributed by atoms with van der Waals surface area (Å²) in [6, 6.07) is 0.447. The summed E-state index contributed by atoms with van der Waals surface area (Å²) in [6.07, 6.45) is 10.3. The van der Waals surface area contributed by atoms with Crippen molar-refractivity contribution in [2.45, 2.75) is 56.7 Å².